The second-order valence-corrected chi connectivity index (χ2v) is 7.88. The standard InChI is InChI=1S/C15H24NO7P/c1-5-22-13(17)10-16-15(18,24(19,20)21)23-12-8-6-11(7-9-12)14(2,3)4/h6-9,16,18H,5,10H2,1-4H3,(H2,19,20,21). The average molecular weight is 361 g/mol. The van der Waals surface area contributed by atoms with Crippen LogP contribution in [0.2, 0.25) is 0 Å². The molecule has 136 valence electrons. The summed E-state index contributed by atoms with van der Waals surface area (Å²) in [6.07, 6.45) is 0. The molecule has 0 bridgehead atoms. The van der Waals surface area contributed by atoms with Gasteiger partial charge in [-0.2, -0.15) is 0 Å². The minimum Gasteiger partial charge on any atom is -0.465 e. The van der Waals surface area contributed by atoms with Gasteiger partial charge in [-0.3, -0.25) is 9.36 Å². The third-order valence-corrected chi connectivity index (χ3v) is 4.18. The summed E-state index contributed by atoms with van der Waals surface area (Å²) in [6.45, 7) is 7.08. The minimum atomic E-state index is -5.16. The lowest BCUT2D eigenvalue weighted by molar-refractivity contribution is -0.148. The van der Waals surface area contributed by atoms with E-state index in [2.05, 4.69) is 4.74 Å². The third-order valence-electron chi connectivity index (χ3n) is 3.14. The van der Waals surface area contributed by atoms with Gasteiger partial charge in [-0.1, -0.05) is 32.9 Å². The SMILES string of the molecule is CCOC(=O)CNC(O)(Oc1ccc(C(C)(C)C)cc1)P(=O)(O)O. The van der Waals surface area contributed by atoms with Crippen LogP contribution >= 0.6 is 7.60 Å². The molecule has 0 aliphatic rings. The minimum absolute atomic E-state index is 0.0326. The Morgan fingerprint density at radius 3 is 2.17 bits per heavy atom. The summed E-state index contributed by atoms with van der Waals surface area (Å²) >= 11 is 0. The molecule has 0 heterocycles. The van der Waals surface area contributed by atoms with E-state index in [-0.39, 0.29) is 17.8 Å². The number of hydrogen-bond donors (Lipinski definition) is 4. The van der Waals surface area contributed by atoms with E-state index in [4.69, 9.17) is 4.74 Å². The van der Waals surface area contributed by atoms with Gasteiger partial charge in [0.2, 0.25) is 0 Å². The molecule has 0 fully saturated rings. The van der Waals surface area contributed by atoms with Crippen LogP contribution in [0.3, 0.4) is 0 Å². The lowest BCUT2D eigenvalue weighted by Crippen LogP contribution is -2.52. The Morgan fingerprint density at radius 2 is 1.75 bits per heavy atom. The van der Waals surface area contributed by atoms with E-state index in [9.17, 15) is 24.3 Å². The smallest absolute Gasteiger partial charge is 0.414 e. The molecule has 1 aromatic rings. The zero-order valence-corrected chi connectivity index (χ0v) is 15.0. The number of ether oxygens (including phenoxy) is 2. The Kier molecular flexibility index (Phi) is 6.55. The fourth-order valence-electron chi connectivity index (χ4n) is 1.79. The van der Waals surface area contributed by atoms with Gasteiger partial charge < -0.3 is 24.4 Å². The molecule has 1 unspecified atom stereocenters. The predicted octanol–water partition coefficient (Wildman–Crippen LogP) is 1.30. The second-order valence-electron chi connectivity index (χ2n) is 6.19. The van der Waals surface area contributed by atoms with Crippen molar-refractivity contribution in [1.29, 1.82) is 0 Å². The molecule has 0 saturated heterocycles. The van der Waals surface area contributed by atoms with Gasteiger partial charge in [-0.15, -0.1) is 0 Å². The molecular weight excluding hydrogens is 337 g/mol. The second kappa shape index (κ2) is 7.63. The van der Waals surface area contributed by atoms with Crippen molar-refractivity contribution in [3.05, 3.63) is 29.8 Å². The maximum absolute atomic E-state index is 11.6. The van der Waals surface area contributed by atoms with E-state index in [0.29, 0.717) is 0 Å². The van der Waals surface area contributed by atoms with Crippen molar-refractivity contribution in [2.75, 3.05) is 13.2 Å². The molecule has 0 saturated carbocycles. The number of esters is 1. The molecule has 0 aromatic heterocycles. The lowest BCUT2D eigenvalue weighted by atomic mass is 9.87. The van der Waals surface area contributed by atoms with Crippen LogP contribution in [0.25, 0.3) is 0 Å². The highest BCUT2D eigenvalue weighted by atomic mass is 31.2. The highest BCUT2D eigenvalue weighted by Crippen LogP contribution is 2.47. The van der Waals surface area contributed by atoms with Gasteiger partial charge in [0.1, 0.15) is 12.3 Å². The molecule has 0 amide bonds. The van der Waals surface area contributed by atoms with E-state index in [1.54, 1.807) is 19.1 Å². The number of rotatable bonds is 7. The van der Waals surface area contributed by atoms with Gasteiger partial charge in [0.05, 0.1) is 6.61 Å². The van der Waals surface area contributed by atoms with Crippen molar-refractivity contribution in [1.82, 2.24) is 5.32 Å². The van der Waals surface area contributed by atoms with E-state index in [1.165, 1.54) is 12.1 Å². The summed E-state index contributed by atoms with van der Waals surface area (Å²) < 4.78 is 21.2. The van der Waals surface area contributed by atoms with Crippen molar-refractivity contribution < 1.29 is 33.7 Å². The molecule has 9 heteroatoms. The molecule has 1 rings (SSSR count). The van der Waals surface area contributed by atoms with Crippen LogP contribution in [0.5, 0.6) is 5.75 Å². The summed E-state index contributed by atoms with van der Waals surface area (Å²) in [5.41, 5.74) is -2.17. The first-order valence-corrected chi connectivity index (χ1v) is 8.98. The van der Waals surface area contributed by atoms with Crippen LogP contribution in [0, 0.1) is 0 Å². The molecule has 1 aromatic carbocycles. The number of hydrogen-bond acceptors (Lipinski definition) is 6. The summed E-state index contributed by atoms with van der Waals surface area (Å²) in [7, 11) is -5.16. The Bertz CT molecular complexity index is 605. The molecule has 4 N–H and O–H groups in total. The van der Waals surface area contributed by atoms with E-state index < -0.39 is 25.8 Å². The van der Waals surface area contributed by atoms with Crippen LogP contribution < -0.4 is 10.1 Å². The molecule has 8 nitrogen and oxygen atoms in total. The molecular formula is C15H24NO7P. The van der Waals surface area contributed by atoms with Crippen molar-refractivity contribution in [3.63, 3.8) is 0 Å². The highest BCUT2D eigenvalue weighted by molar-refractivity contribution is 7.53. The Balaban J connectivity index is 2.94. The van der Waals surface area contributed by atoms with E-state index in [1.807, 2.05) is 26.1 Å². The molecule has 24 heavy (non-hydrogen) atoms. The maximum atomic E-state index is 11.6. The first-order chi connectivity index (χ1) is 10.9. The molecule has 1 atom stereocenters. The van der Waals surface area contributed by atoms with Crippen molar-refractivity contribution in [2.24, 2.45) is 0 Å². The number of carbonyl (C=O) groups is 1. The van der Waals surface area contributed by atoms with Gasteiger partial charge in [0, 0.05) is 0 Å². The fraction of sp³-hybridized carbons (Fsp3) is 0.533. The number of nitrogens with one attached hydrogen (secondary N) is 1. The number of carbonyl (C=O) groups excluding carboxylic acids is 1. The van der Waals surface area contributed by atoms with Crippen LogP contribution in [0.4, 0.5) is 0 Å². The molecule has 0 radical (unpaired) electrons. The van der Waals surface area contributed by atoms with Gasteiger partial charge >= 0.3 is 19.2 Å². The van der Waals surface area contributed by atoms with Crippen LogP contribution in [0.1, 0.15) is 33.3 Å². The molecule has 0 spiro atoms. The maximum Gasteiger partial charge on any atom is 0.414 e. The zero-order valence-electron chi connectivity index (χ0n) is 14.1. The highest BCUT2D eigenvalue weighted by Gasteiger charge is 2.49. The Hall–Kier alpha value is -1.44. The normalized spacial score (nSPS) is 14.8. The van der Waals surface area contributed by atoms with E-state index in [0.717, 1.165) is 5.56 Å². The lowest BCUT2D eigenvalue weighted by Gasteiger charge is -2.29. The van der Waals surface area contributed by atoms with Gasteiger partial charge in [0.15, 0.2) is 0 Å². The monoisotopic (exact) mass is 361 g/mol. The third kappa shape index (κ3) is 5.58. The first-order valence-electron chi connectivity index (χ1n) is 7.37. The average Bonchev–Trinajstić information content (AvgIpc) is 2.44. The van der Waals surface area contributed by atoms with Gasteiger partial charge in [-0.05, 0) is 30.0 Å². The summed E-state index contributed by atoms with van der Waals surface area (Å²) in [5.74, 6) is -0.749. The van der Waals surface area contributed by atoms with Gasteiger partial charge in [0.25, 0.3) is 0 Å². The zero-order chi connectivity index (χ0) is 18.6. The predicted molar refractivity (Wildman–Crippen MR) is 87.4 cm³/mol. The summed E-state index contributed by atoms with van der Waals surface area (Å²) in [4.78, 5) is 30.0. The van der Waals surface area contributed by atoms with Crippen LogP contribution in [-0.4, -0.2) is 39.7 Å². The fourth-order valence-corrected chi connectivity index (χ4v) is 2.29. The topological polar surface area (TPSA) is 125 Å². The largest absolute Gasteiger partial charge is 0.465 e. The van der Waals surface area contributed by atoms with Gasteiger partial charge in [-0.25, -0.2) is 5.32 Å². The first kappa shape index (κ1) is 20.6. The Morgan fingerprint density at radius 1 is 1.21 bits per heavy atom. The molecule has 0 aliphatic heterocycles. The van der Waals surface area contributed by atoms with Crippen molar-refractivity contribution in [3.8, 4) is 5.75 Å². The van der Waals surface area contributed by atoms with Crippen LogP contribution in [-0.2, 0) is 19.5 Å². The summed E-state index contributed by atoms with van der Waals surface area (Å²) in [6, 6.07) is 6.40. The number of benzene rings is 1. The number of aliphatic hydroxyl groups is 1. The van der Waals surface area contributed by atoms with Crippen molar-refractivity contribution in [2.45, 2.75) is 38.8 Å². The Labute approximate surface area is 140 Å². The van der Waals surface area contributed by atoms with E-state index >= 15 is 0 Å². The van der Waals surface area contributed by atoms with Crippen molar-refractivity contribution >= 4 is 13.6 Å². The quantitative estimate of drug-likeness (QED) is 0.325. The van der Waals surface area contributed by atoms with Crippen LogP contribution in [0.15, 0.2) is 24.3 Å². The molecule has 0 aliphatic carbocycles. The summed E-state index contributed by atoms with van der Waals surface area (Å²) in [5, 5.41) is 12.2.